The van der Waals surface area contributed by atoms with Crippen molar-refractivity contribution in [2.45, 2.75) is 13.2 Å². The SMILES string of the molecule is O=C(c1ccn(Cn2cccn2)n1)N1CCN(Cc2c(F)cccc2Cl)CC1. The first-order valence-corrected chi connectivity index (χ1v) is 9.43. The molecule has 1 aliphatic rings. The second kappa shape index (κ2) is 8.12. The van der Waals surface area contributed by atoms with Crippen LogP contribution in [-0.4, -0.2) is 61.4 Å². The zero-order valence-corrected chi connectivity index (χ0v) is 16.0. The molecule has 7 nitrogen and oxygen atoms in total. The van der Waals surface area contributed by atoms with Gasteiger partial charge in [0.15, 0.2) is 0 Å². The van der Waals surface area contributed by atoms with E-state index in [9.17, 15) is 9.18 Å². The highest BCUT2D eigenvalue weighted by Crippen LogP contribution is 2.21. The summed E-state index contributed by atoms with van der Waals surface area (Å²) in [5.74, 6) is -0.392. The summed E-state index contributed by atoms with van der Waals surface area (Å²) in [6, 6.07) is 8.27. The van der Waals surface area contributed by atoms with E-state index in [4.69, 9.17) is 11.6 Å². The average Bonchev–Trinajstić information content (AvgIpc) is 3.37. The minimum absolute atomic E-state index is 0.0946. The molecule has 1 aromatic carbocycles. The molecule has 9 heteroatoms. The Morgan fingerprint density at radius 1 is 1.07 bits per heavy atom. The molecule has 2 aromatic heterocycles. The number of carbonyl (C=O) groups is 1. The van der Waals surface area contributed by atoms with Gasteiger partial charge in [0, 0.05) is 61.9 Å². The van der Waals surface area contributed by atoms with Crippen molar-refractivity contribution in [2.24, 2.45) is 0 Å². The van der Waals surface area contributed by atoms with Crippen LogP contribution in [0.25, 0.3) is 0 Å². The van der Waals surface area contributed by atoms with Crippen molar-refractivity contribution in [3.63, 3.8) is 0 Å². The molecule has 1 aliphatic heterocycles. The van der Waals surface area contributed by atoms with Crippen LogP contribution in [0.1, 0.15) is 16.1 Å². The van der Waals surface area contributed by atoms with Crippen molar-refractivity contribution in [2.75, 3.05) is 26.2 Å². The second-order valence-electron chi connectivity index (χ2n) is 6.70. The lowest BCUT2D eigenvalue weighted by Gasteiger charge is -2.34. The van der Waals surface area contributed by atoms with Crippen LogP contribution in [0.5, 0.6) is 0 Å². The monoisotopic (exact) mass is 402 g/mol. The van der Waals surface area contributed by atoms with Gasteiger partial charge in [-0.2, -0.15) is 10.2 Å². The maximum atomic E-state index is 14.0. The van der Waals surface area contributed by atoms with E-state index >= 15 is 0 Å². The first-order valence-electron chi connectivity index (χ1n) is 9.05. The van der Waals surface area contributed by atoms with Gasteiger partial charge < -0.3 is 4.90 Å². The topological polar surface area (TPSA) is 59.2 Å². The van der Waals surface area contributed by atoms with Gasteiger partial charge in [-0.1, -0.05) is 17.7 Å². The van der Waals surface area contributed by atoms with Gasteiger partial charge in [-0.25, -0.2) is 4.39 Å². The van der Waals surface area contributed by atoms with Crippen molar-refractivity contribution in [1.82, 2.24) is 29.4 Å². The van der Waals surface area contributed by atoms with Crippen LogP contribution < -0.4 is 0 Å². The summed E-state index contributed by atoms with van der Waals surface area (Å²) in [5, 5.41) is 8.92. The molecule has 0 bridgehead atoms. The molecule has 28 heavy (non-hydrogen) atoms. The average molecular weight is 403 g/mol. The molecular weight excluding hydrogens is 383 g/mol. The Hall–Kier alpha value is -2.71. The van der Waals surface area contributed by atoms with Crippen molar-refractivity contribution < 1.29 is 9.18 Å². The molecule has 0 atom stereocenters. The number of amides is 1. The number of carbonyl (C=O) groups excluding carboxylic acids is 1. The number of hydrogen-bond donors (Lipinski definition) is 0. The Balaban J connectivity index is 1.33. The molecule has 3 heterocycles. The number of hydrogen-bond acceptors (Lipinski definition) is 4. The normalized spacial score (nSPS) is 15.1. The molecule has 0 N–H and O–H groups in total. The number of aromatic nitrogens is 4. The molecule has 0 spiro atoms. The minimum Gasteiger partial charge on any atom is -0.335 e. The summed E-state index contributed by atoms with van der Waals surface area (Å²) >= 11 is 6.11. The zero-order chi connectivity index (χ0) is 19.5. The summed E-state index contributed by atoms with van der Waals surface area (Å²) in [6.45, 7) is 3.34. The second-order valence-corrected chi connectivity index (χ2v) is 7.10. The summed E-state index contributed by atoms with van der Waals surface area (Å²) < 4.78 is 17.4. The van der Waals surface area contributed by atoms with Crippen LogP contribution >= 0.6 is 11.6 Å². The van der Waals surface area contributed by atoms with Gasteiger partial charge in [0.25, 0.3) is 5.91 Å². The van der Waals surface area contributed by atoms with E-state index in [0.29, 0.717) is 55.7 Å². The van der Waals surface area contributed by atoms with Gasteiger partial charge in [0.1, 0.15) is 18.2 Å². The largest absolute Gasteiger partial charge is 0.335 e. The van der Waals surface area contributed by atoms with Crippen LogP contribution in [0.2, 0.25) is 5.02 Å². The Morgan fingerprint density at radius 2 is 1.89 bits per heavy atom. The maximum Gasteiger partial charge on any atom is 0.274 e. The summed E-state index contributed by atoms with van der Waals surface area (Å²) in [6.07, 6.45) is 5.30. The van der Waals surface area contributed by atoms with Crippen LogP contribution in [0.15, 0.2) is 48.9 Å². The standard InChI is InChI=1S/C19H20ClFN6O/c20-16-3-1-4-17(21)15(16)13-24-9-11-25(12-10-24)19(28)18-5-8-27(23-18)14-26-7-2-6-22-26/h1-8H,9-14H2. The molecule has 1 amide bonds. The van der Waals surface area contributed by atoms with E-state index in [1.54, 1.807) is 44.9 Å². The third-order valence-corrected chi connectivity index (χ3v) is 5.17. The fourth-order valence-corrected chi connectivity index (χ4v) is 3.49. The van der Waals surface area contributed by atoms with Gasteiger partial charge in [0.2, 0.25) is 0 Å². The fraction of sp³-hybridized carbons (Fsp3) is 0.316. The van der Waals surface area contributed by atoms with Gasteiger partial charge in [-0.15, -0.1) is 0 Å². The molecule has 0 saturated carbocycles. The lowest BCUT2D eigenvalue weighted by molar-refractivity contribution is 0.0620. The third-order valence-electron chi connectivity index (χ3n) is 4.81. The molecule has 0 unspecified atom stereocenters. The van der Waals surface area contributed by atoms with Crippen molar-refractivity contribution in [1.29, 1.82) is 0 Å². The molecular formula is C19H20ClFN6O. The highest BCUT2D eigenvalue weighted by Gasteiger charge is 2.24. The summed E-state index contributed by atoms with van der Waals surface area (Å²) in [5.41, 5.74) is 0.916. The number of benzene rings is 1. The number of halogens is 2. The van der Waals surface area contributed by atoms with Crippen LogP contribution in [0, 0.1) is 5.82 Å². The van der Waals surface area contributed by atoms with E-state index in [1.165, 1.54) is 6.07 Å². The zero-order valence-electron chi connectivity index (χ0n) is 15.2. The van der Waals surface area contributed by atoms with E-state index in [2.05, 4.69) is 15.1 Å². The molecule has 146 valence electrons. The predicted molar refractivity (Wildman–Crippen MR) is 102 cm³/mol. The fourth-order valence-electron chi connectivity index (χ4n) is 3.27. The summed E-state index contributed by atoms with van der Waals surface area (Å²) in [4.78, 5) is 16.6. The van der Waals surface area contributed by atoms with Gasteiger partial charge in [0.05, 0.1) is 0 Å². The molecule has 3 aromatic rings. The molecule has 0 radical (unpaired) electrons. The first kappa shape index (κ1) is 18.6. The van der Waals surface area contributed by atoms with Crippen LogP contribution in [0.3, 0.4) is 0 Å². The van der Waals surface area contributed by atoms with Gasteiger partial charge >= 0.3 is 0 Å². The lowest BCUT2D eigenvalue weighted by atomic mass is 10.1. The maximum absolute atomic E-state index is 14.0. The Bertz CT molecular complexity index is 929. The highest BCUT2D eigenvalue weighted by molar-refractivity contribution is 6.31. The minimum atomic E-state index is -0.297. The number of nitrogens with zero attached hydrogens (tertiary/aromatic N) is 6. The van der Waals surface area contributed by atoms with Crippen molar-refractivity contribution >= 4 is 17.5 Å². The van der Waals surface area contributed by atoms with E-state index in [0.717, 1.165) is 0 Å². The van der Waals surface area contributed by atoms with Crippen molar-refractivity contribution in [3.8, 4) is 0 Å². The van der Waals surface area contributed by atoms with E-state index < -0.39 is 0 Å². The lowest BCUT2D eigenvalue weighted by Crippen LogP contribution is -2.48. The van der Waals surface area contributed by atoms with Crippen LogP contribution in [0.4, 0.5) is 4.39 Å². The van der Waals surface area contributed by atoms with Crippen LogP contribution in [-0.2, 0) is 13.2 Å². The predicted octanol–water partition coefficient (Wildman–Crippen LogP) is 2.34. The molecule has 4 rings (SSSR count). The van der Waals surface area contributed by atoms with E-state index in [-0.39, 0.29) is 11.7 Å². The van der Waals surface area contributed by atoms with Crippen molar-refractivity contribution in [3.05, 3.63) is 71.0 Å². The van der Waals surface area contributed by atoms with E-state index in [1.807, 2.05) is 12.3 Å². The smallest absolute Gasteiger partial charge is 0.274 e. The number of rotatable bonds is 5. The van der Waals surface area contributed by atoms with Gasteiger partial charge in [-0.05, 0) is 24.3 Å². The molecule has 1 saturated heterocycles. The number of piperazine rings is 1. The Labute approximate surface area is 166 Å². The highest BCUT2D eigenvalue weighted by atomic mass is 35.5. The molecule has 1 fully saturated rings. The molecule has 0 aliphatic carbocycles. The summed E-state index contributed by atoms with van der Waals surface area (Å²) in [7, 11) is 0. The first-order chi connectivity index (χ1) is 13.6. The quantitative estimate of drug-likeness (QED) is 0.657. The Kier molecular flexibility index (Phi) is 5.40. The van der Waals surface area contributed by atoms with Gasteiger partial charge in [-0.3, -0.25) is 19.1 Å². The Morgan fingerprint density at radius 3 is 2.61 bits per heavy atom. The third kappa shape index (κ3) is 4.07.